The Morgan fingerprint density at radius 1 is 0.881 bits per heavy atom. The Hall–Kier alpha value is -4.17. The van der Waals surface area contributed by atoms with E-state index in [2.05, 4.69) is 34.9 Å². The zero-order valence-corrected chi connectivity index (χ0v) is 23.8. The summed E-state index contributed by atoms with van der Waals surface area (Å²) in [5.41, 5.74) is 5.40. The molecular weight excluding hydrogens is 532 g/mol. The van der Waals surface area contributed by atoms with E-state index in [1.165, 1.54) is 0 Å². The molecule has 0 bridgehead atoms. The van der Waals surface area contributed by atoms with Gasteiger partial charge in [0.15, 0.2) is 0 Å². The van der Waals surface area contributed by atoms with Crippen molar-refractivity contribution in [1.82, 2.24) is 10.6 Å². The number of rotatable bonds is 11. The first-order chi connectivity index (χ1) is 20.4. The van der Waals surface area contributed by atoms with E-state index < -0.39 is 30.1 Å². The molecule has 0 saturated heterocycles. The number of amides is 2. The average Bonchev–Trinajstić information content (AvgIpc) is 3.32. The van der Waals surface area contributed by atoms with Crippen LogP contribution in [0.4, 0.5) is 4.79 Å². The van der Waals surface area contributed by atoms with Gasteiger partial charge in [0.25, 0.3) is 0 Å². The number of carbonyl (C=O) groups excluding carboxylic acids is 2. The summed E-state index contributed by atoms with van der Waals surface area (Å²) >= 11 is 0. The van der Waals surface area contributed by atoms with Crippen LogP contribution in [0.2, 0.25) is 0 Å². The van der Waals surface area contributed by atoms with E-state index in [1.807, 2.05) is 54.6 Å². The Morgan fingerprint density at radius 3 is 2.17 bits per heavy atom. The van der Waals surface area contributed by atoms with Crippen LogP contribution < -0.4 is 10.6 Å². The number of alkyl carbamates (subject to hydrolysis) is 1. The molecule has 2 unspecified atom stereocenters. The van der Waals surface area contributed by atoms with Crippen molar-refractivity contribution >= 4 is 18.0 Å². The fourth-order valence-electron chi connectivity index (χ4n) is 6.20. The van der Waals surface area contributed by atoms with Gasteiger partial charge in [-0.3, -0.25) is 9.59 Å². The highest BCUT2D eigenvalue weighted by molar-refractivity contribution is 5.86. The minimum atomic E-state index is -1.03. The Bertz CT molecular complexity index is 1350. The number of hydrogen-bond donors (Lipinski definition) is 3. The maximum Gasteiger partial charge on any atom is 0.407 e. The number of fused-ring (bicyclic) bond motifs is 3. The number of ether oxygens (including phenoxy) is 2. The van der Waals surface area contributed by atoms with Crippen LogP contribution in [0.15, 0.2) is 78.9 Å². The number of nitrogens with one attached hydrogen (secondary N) is 2. The smallest absolute Gasteiger partial charge is 0.407 e. The van der Waals surface area contributed by atoms with E-state index in [4.69, 9.17) is 9.47 Å². The van der Waals surface area contributed by atoms with E-state index in [9.17, 15) is 19.5 Å². The van der Waals surface area contributed by atoms with Gasteiger partial charge >= 0.3 is 12.1 Å². The quantitative estimate of drug-likeness (QED) is 0.275. The Balaban J connectivity index is 1.27. The van der Waals surface area contributed by atoms with Crippen LogP contribution in [-0.2, 0) is 25.7 Å². The summed E-state index contributed by atoms with van der Waals surface area (Å²) in [4.78, 5) is 38.2. The van der Waals surface area contributed by atoms with Crippen molar-refractivity contribution in [2.24, 2.45) is 5.92 Å². The van der Waals surface area contributed by atoms with E-state index in [0.29, 0.717) is 6.42 Å². The van der Waals surface area contributed by atoms with Crippen LogP contribution in [0.3, 0.4) is 0 Å². The zero-order chi connectivity index (χ0) is 29.5. The first-order valence-electron chi connectivity index (χ1n) is 14.7. The molecule has 3 N–H and O–H groups in total. The lowest BCUT2D eigenvalue weighted by molar-refractivity contribution is -0.139. The molecule has 0 heterocycles. The molecule has 0 aliphatic heterocycles. The molecule has 0 radical (unpaired) electrons. The van der Waals surface area contributed by atoms with Gasteiger partial charge in [-0.2, -0.15) is 0 Å². The van der Waals surface area contributed by atoms with E-state index in [0.717, 1.165) is 47.1 Å². The van der Waals surface area contributed by atoms with Crippen molar-refractivity contribution in [3.63, 3.8) is 0 Å². The normalized spacial score (nSPS) is 19.2. The maximum absolute atomic E-state index is 13.6. The molecule has 2 aliphatic carbocycles. The van der Waals surface area contributed by atoms with Gasteiger partial charge in [0.1, 0.15) is 12.6 Å². The molecule has 3 aromatic rings. The molecular formula is C34H38N2O6. The third-order valence-corrected chi connectivity index (χ3v) is 8.40. The van der Waals surface area contributed by atoms with Crippen LogP contribution in [0.25, 0.3) is 11.1 Å². The van der Waals surface area contributed by atoms with Gasteiger partial charge < -0.3 is 25.2 Å². The fourth-order valence-corrected chi connectivity index (χ4v) is 6.20. The molecule has 220 valence electrons. The van der Waals surface area contributed by atoms with Crippen LogP contribution >= 0.6 is 0 Å². The highest BCUT2D eigenvalue weighted by Crippen LogP contribution is 2.44. The second kappa shape index (κ2) is 13.7. The first kappa shape index (κ1) is 29.3. The molecule has 42 heavy (non-hydrogen) atoms. The molecule has 8 nitrogen and oxygen atoms in total. The topological polar surface area (TPSA) is 114 Å². The predicted molar refractivity (Wildman–Crippen MR) is 159 cm³/mol. The van der Waals surface area contributed by atoms with Crippen molar-refractivity contribution in [3.8, 4) is 11.1 Å². The van der Waals surface area contributed by atoms with Gasteiger partial charge in [0.05, 0.1) is 19.1 Å². The second-order valence-corrected chi connectivity index (χ2v) is 11.2. The molecule has 1 saturated carbocycles. The SMILES string of the molecule is CC(OCc1ccccc1)C(NC(=O)OCC1c2ccccc2-c2ccccc21)C(=O)N[C@@H]1CCCC[C@@H]1CC(=O)O. The summed E-state index contributed by atoms with van der Waals surface area (Å²) in [6.45, 7) is 2.13. The standard InChI is InChI=1S/C34H38N2O6/c1-22(41-20-23-11-3-2-4-12-23)32(33(39)35-30-18-10-5-13-24(30)19-31(37)38)36-34(40)42-21-29-27-16-8-6-14-25(27)26-15-7-9-17-28(26)29/h2-4,6-9,11-12,14-17,22,24,29-30,32H,5,10,13,18-21H2,1H3,(H,35,39)(H,36,40)(H,37,38)/t22?,24-,30-,32?/m1/s1. The van der Waals surface area contributed by atoms with Gasteiger partial charge in [0, 0.05) is 12.0 Å². The molecule has 2 aliphatic rings. The number of benzene rings is 3. The molecule has 4 atom stereocenters. The summed E-state index contributed by atoms with van der Waals surface area (Å²) in [5.74, 6) is -1.56. The van der Waals surface area contributed by atoms with Gasteiger partial charge in [-0.25, -0.2) is 4.79 Å². The average molecular weight is 571 g/mol. The molecule has 3 aromatic carbocycles. The van der Waals surface area contributed by atoms with Crippen molar-refractivity contribution in [3.05, 3.63) is 95.6 Å². The van der Waals surface area contributed by atoms with Gasteiger partial charge in [-0.15, -0.1) is 0 Å². The van der Waals surface area contributed by atoms with Crippen LogP contribution in [0.5, 0.6) is 0 Å². The number of hydrogen-bond acceptors (Lipinski definition) is 5. The van der Waals surface area contributed by atoms with Crippen molar-refractivity contribution in [2.75, 3.05) is 6.61 Å². The molecule has 1 fully saturated rings. The largest absolute Gasteiger partial charge is 0.481 e. The molecule has 8 heteroatoms. The Morgan fingerprint density at radius 2 is 1.50 bits per heavy atom. The number of carboxylic acids is 1. The molecule has 0 aromatic heterocycles. The van der Waals surface area contributed by atoms with Gasteiger partial charge in [0.2, 0.25) is 5.91 Å². The highest BCUT2D eigenvalue weighted by atomic mass is 16.5. The molecule has 5 rings (SSSR count). The minimum Gasteiger partial charge on any atom is -0.481 e. The predicted octanol–water partition coefficient (Wildman–Crippen LogP) is 5.65. The Labute approximate surface area is 246 Å². The lowest BCUT2D eigenvalue weighted by Gasteiger charge is -2.33. The monoisotopic (exact) mass is 570 g/mol. The third kappa shape index (κ3) is 6.99. The number of carbonyl (C=O) groups is 3. The lowest BCUT2D eigenvalue weighted by atomic mass is 9.82. The summed E-state index contributed by atoms with van der Waals surface area (Å²) in [5, 5.41) is 15.2. The van der Waals surface area contributed by atoms with Crippen molar-refractivity contribution < 1.29 is 29.0 Å². The second-order valence-electron chi connectivity index (χ2n) is 11.2. The minimum absolute atomic E-state index is 0.00448. The van der Waals surface area contributed by atoms with Gasteiger partial charge in [-0.05, 0) is 53.5 Å². The fraction of sp³-hybridized carbons (Fsp3) is 0.382. The van der Waals surface area contributed by atoms with E-state index in [1.54, 1.807) is 6.92 Å². The third-order valence-electron chi connectivity index (χ3n) is 8.40. The summed E-state index contributed by atoms with van der Waals surface area (Å²) < 4.78 is 11.8. The maximum atomic E-state index is 13.6. The van der Waals surface area contributed by atoms with E-state index in [-0.39, 0.29) is 37.5 Å². The highest BCUT2D eigenvalue weighted by Gasteiger charge is 2.35. The summed E-state index contributed by atoms with van der Waals surface area (Å²) in [6, 6.07) is 24.5. The van der Waals surface area contributed by atoms with Crippen molar-refractivity contribution in [1.29, 1.82) is 0 Å². The summed E-state index contributed by atoms with van der Waals surface area (Å²) in [6.07, 6.45) is 1.89. The van der Waals surface area contributed by atoms with Crippen LogP contribution in [-0.4, -0.2) is 47.9 Å². The van der Waals surface area contributed by atoms with Crippen molar-refractivity contribution in [2.45, 2.75) is 69.7 Å². The van der Waals surface area contributed by atoms with Gasteiger partial charge in [-0.1, -0.05) is 91.7 Å². The molecule has 0 spiro atoms. The zero-order valence-electron chi connectivity index (χ0n) is 23.8. The van der Waals surface area contributed by atoms with Crippen LogP contribution in [0, 0.1) is 5.92 Å². The van der Waals surface area contributed by atoms with E-state index >= 15 is 0 Å². The number of aliphatic carboxylic acids is 1. The summed E-state index contributed by atoms with van der Waals surface area (Å²) in [7, 11) is 0. The number of carboxylic acid groups (broad SMARTS) is 1. The Kier molecular flexibility index (Phi) is 9.54. The molecule has 2 amide bonds. The van der Waals surface area contributed by atoms with Crippen LogP contribution in [0.1, 0.15) is 61.6 Å². The lowest BCUT2D eigenvalue weighted by Crippen LogP contribution is -2.56. The first-order valence-corrected chi connectivity index (χ1v) is 14.7.